The SMILES string of the molecule is CNC(=O)[C@H](CC(C)C)NC(=O)C(S)CNC(=O)[C@H](CC(C)C)NC(=O)[C@@H]1CCCN1C(=O)OC(C)(C)C. The van der Waals surface area contributed by atoms with Gasteiger partial charge in [0.15, 0.2) is 0 Å². The highest BCUT2D eigenvalue weighted by Gasteiger charge is 2.38. The molecule has 1 rings (SSSR count). The molecule has 1 aliphatic heterocycles. The van der Waals surface area contributed by atoms with Gasteiger partial charge in [0.05, 0.1) is 5.25 Å². The van der Waals surface area contributed by atoms with Crippen molar-refractivity contribution < 1.29 is 28.7 Å². The lowest BCUT2D eigenvalue weighted by Crippen LogP contribution is -2.55. The van der Waals surface area contributed by atoms with Crippen LogP contribution in [0.3, 0.4) is 0 Å². The van der Waals surface area contributed by atoms with E-state index in [1.165, 1.54) is 11.9 Å². The molecule has 4 N–H and O–H groups in total. The summed E-state index contributed by atoms with van der Waals surface area (Å²) >= 11 is 4.31. The second-order valence-electron chi connectivity index (χ2n) is 11.6. The van der Waals surface area contributed by atoms with Gasteiger partial charge in [-0.2, -0.15) is 12.6 Å². The van der Waals surface area contributed by atoms with Crippen LogP contribution in [0.25, 0.3) is 0 Å². The van der Waals surface area contributed by atoms with E-state index in [2.05, 4.69) is 33.9 Å². The molecule has 218 valence electrons. The van der Waals surface area contributed by atoms with Crippen molar-refractivity contribution in [2.24, 2.45) is 11.8 Å². The van der Waals surface area contributed by atoms with Crippen molar-refractivity contribution in [2.75, 3.05) is 20.1 Å². The first-order chi connectivity index (χ1) is 17.5. The Bertz CT molecular complexity index is 844. The number of carbonyl (C=O) groups is 5. The first kappa shape index (κ1) is 33.5. The molecule has 0 aromatic heterocycles. The topological polar surface area (TPSA) is 146 Å². The van der Waals surface area contributed by atoms with Crippen molar-refractivity contribution in [1.82, 2.24) is 26.2 Å². The summed E-state index contributed by atoms with van der Waals surface area (Å²) in [5, 5.41) is 9.81. The van der Waals surface area contributed by atoms with E-state index in [1.807, 2.05) is 27.7 Å². The number of amides is 5. The summed E-state index contributed by atoms with van der Waals surface area (Å²) in [6, 6.07) is -2.28. The lowest BCUT2D eigenvalue weighted by atomic mass is 10.0. The molecule has 11 nitrogen and oxygen atoms in total. The third-order valence-corrected chi connectivity index (χ3v) is 6.30. The molecule has 0 radical (unpaired) electrons. The van der Waals surface area contributed by atoms with E-state index in [0.29, 0.717) is 32.2 Å². The average Bonchev–Trinajstić information content (AvgIpc) is 3.29. The van der Waals surface area contributed by atoms with Crippen LogP contribution in [-0.4, -0.2) is 83.7 Å². The highest BCUT2D eigenvalue weighted by molar-refractivity contribution is 7.81. The van der Waals surface area contributed by atoms with Gasteiger partial charge < -0.3 is 26.0 Å². The second-order valence-corrected chi connectivity index (χ2v) is 12.2. The van der Waals surface area contributed by atoms with E-state index in [1.54, 1.807) is 20.8 Å². The molecule has 1 saturated heterocycles. The quantitative estimate of drug-likeness (QED) is 0.231. The minimum absolute atomic E-state index is 0.0894. The van der Waals surface area contributed by atoms with Gasteiger partial charge in [-0.05, 0) is 58.3 Å². The Balaban J connectivity index is 2.79. The maximum absolute atomic E-state index is 13.1. The number of nitrogens with zero attached hydrogens (tertiary/aromatic N) is 1. The van der Waals surface area contributed by atoms with E-state index in [-0.39, 0.29) is 24.3 Å². The molecule has 0 saturated carbocycles. The third-order valence-electron chi connectivity index (χ3n) is 5.88. The van der Waals surface area contributed by atoms with Gasteiger partial charge in [-0.1, -0.05) is 27.7 Å². The maximum Gasteiger partial charge on any atom is 0.410 e. The largest absolute Gasteiger partial charge is 0.444 e. The molecule has 1 unspecified atom stereocenters. The number of likely N-dealkylation sites (N-methyl/N-ethyl adjacent to an activating group) is 1. The standard InChI is InChI=1S/C26H47N5O6S/c1-15(2)12-17(21(32)27-8)30-24(35)20(38)14-28-22(33)18(13-16(3)4)29-23(34)19-10-9-11-31(19)25(36)37-26(5,6)7/h15-20,38H,9-14H2,1-8H3,(H,27,32)(H,28,33)(H,29,34)(H,30,35)/t17-,18-,19-,20?/m0/s1. The third kappa shape index (κ3) is 11.5. The number of hydrogen-bond donors (Lipinski definition) is 5. The van der Waals surface area contributed by atoms with E-state index < -0.39 is 52.8 Å². The van der Waals surface area contributed by atoms with Crippen LogP contribution >= 0.6 is 12.6 Å². The number of nitrogens with one attached hydrogen (secondary N) is 4. The number of likely N-dealkylation sites (tertiary alicyclic amines) is 1. The van der Waals surface area contributed by atoms with Crippen LogP contribution in [0, 0.1) is 11.8 Å². The van der Waals surface area contributed by atoms with Crippen molar-refractivity contribution in [2.45, 2.75) is 103 Å². The van der Waals surface area contributed by atoms with Crippen LogP contribution in [0.1, 0.15) is 74.1 Å². The van der Waals surface area contributed by atoms with E-state index in [0.717, 1.165) is 0 Å². The van der Waals surface area contributed by atoms with E-state index in [4.69, 9.17) is 4.74 Å². The highest BCUT2D eigenvalue weighted by atomic mass is 32.1. The normalized spacial score (nSPS) is 18.0. The molecule has 5 amide bonds. The zero-order chi connectivity index (χ0) is 29.2. The Kier molecular flexibility index (Phi) is 13.4. The molecule has 1 aliphatic rings. The molecule has 0 aliphatic carbocycles. The molecule has 0 aromatic rings. The molecule has 0 aromatic carbocycles. The first-order valence-electron chi connectivity index (χ1n) is 13.3. The summed E-state index contributed by atoms with van der Waals surface area (Å²) in [5.74, 6) is -1.38. The van der Waals surface area contributed by atoms with E-state index >= 15 is 0 Å². The summed E-state index contributed by atoms with van der Waals surface area (Å²) < 4.78 is 5.43. The van der Waals surface area contributed by atoms with Crippen LogP contribution in [0.2, 0.25) is 0 Å². The molecule has 0 spiro atoms. The average molecular weight is 558 g/mol. The van der Waals surface area contributed by atoms with Gasteiger partial charge in [0.25, 0.3) is 0 Å². The monoisotopic (exact) mass is 557 g/mol. The second kappa shape index (κ2) is 15.2. The fourth-order valence-corrected chi connectivity index (χ4v) is 4.27. The molecule has 4 atom stereocenters. The molecule has 38 heavy (non-hydrogen) atoms. The predicted molar refractivity (Wildman–Crippen MR) is 149 cm³/mol. The Labute approximate surface area is 232 Å². The van der Waals surface area contributed by atoms with E-state index in [9.17, 15) is 24.0 Å². The summed E-state index contributed by atoms with van der Waals surface area (Å²) in [5.41, 5.74) is -0.689. The van der Waals surface area contributed by atoms with Gasteiger partial charge in [-0.15, -0.1) is 0 Å². The number of hydrogen-bond acceptors (Lipinski definition) is 7. The Morgan fingerprint density at radius 2 is 1.47 bits per heavy atom. The lowest BCUT2D eigenvalue weighted by molar-refractivity contribution is -0.132. The van der Waals surface area contributed by atoms with Crippen molar-refractivity contribution in [3.05, 3.63) is 0 Å². The fraction of sp³-hybridized carbons (Fsp3) is 0.808. The van der Waals surface area contributed by atoms with Crippen molar-refractivity contribution in [1.29, 1.82) is 0 Å². The van der Waals surface area contributed by atoms with Crippen LogP contribution in [0.5, 0.6) is 0 Å². The van der Waals surface area contributed by atoms with Gasteiger partial charge in [0.1, 0.15) is 23.7 Å². The van der Waals surface area contributed by atoms with Crippen molar-refractivity contribution in [3.8, 4) is 0 Å². The number of rotatable bonds is 12. The molecule has 0 bridgehead atoms. The fourth-order valence-electron chi connectivity index (χ4n) is 4.11. The Morgan fingerprint density at radius 3 is 1.97 bits per heavy atom. The van der Waals surface area contributed by atoms with Crippen LogP contribution in [0.15, 0.2) is 0 Å². The van der Waals surface area contributed by atoms with Crippen LogP contribution < -0.4 is 21.3 Å². The summed E-state index contributed by atoms with van der Waals surface area (Å²) in [6.45, 7) is 13.3. The highest BCUT2D eigenvalue weighted by Crippen LogP contribution is 2.21. The number of thiol groups is 1. The minimum atomic E-state index is -0.897. The zero-order valence-corrected chi connectivity index (χ0v) is 24.9. The smallest absolute Gasteiger partial charge is 0.410 e. The summed E-state index contributed by atoms with van der Waals surface area (Å²) in [6.07, 6.45) is 1.40. The lowest BCUT2D eigenvalue weighted by Gasteiger charge is -2.29. The number of carbonyl (C=O) groups excluding carboxylic acids is 5. The summed E-state index contributed by atoms with van der Waals surface area (Å²) in [7, 11) is 1.50. The van der Waals surface area contributed by atoms with Crippen LogP contribution in [0.4, 0.5) is 4.79 Å². The molecule has 1 fully saturated rings. The molecule has 1 heterocycles. The molecule has 12 heteroatoms. The Hall–Kier alpha value is -2.50. The Morgan fingerprint density at radius 1 is 0.921 bits per heavy atom. The maximum atomic E-state index is 13.1. The molecular weight excluding hydrogens is 510 g/mol. The summed E-state index contributed by atoms with van der Waals surface area (Å²) in [4.78, 5) is 64.9. The van der Waals surface area contributed by atoms with Gasteiger partial charge in [-0.3, -0.25) is 24.1 Å². The molecular formula is C26H47N5O6S. The van der Waals surface area contributed by atoms with Crippen molar-refractivity contribution in [3.63, 3.8) is 0 Å². The van der Waals surface area contributed by atoms with Crippen LogP contribution in [-0.2, 0) is 23.9 Å². The van der Waals surface area contributed by atoms with Gasteiger partial charge >= 0.3 is 6.09 Å². The predicted octanol–water partition coefficient (Wildman–Crippen LogP) is 1.61. The van der Waals surface area contributed by atoms with Gasteiger partial charge in [0.2, 0.25) is 23.6 Å². The first-order valence-corrected chi connectivity index (χ1v) is 13.8. The number of ether oxygens (including phenoxy) is 1. The van der Waals surface area contributed by atoms with Crippen molar-refractivity contribution >= 4 is 42.4 Å². The zero-order valence-electron chi connectivity index (χ0n) is 24.1. The van der Waals surface area contributed by atoms with Gasteiger partial charge in [0, 0.05) is 20.1 Å². The minimum Gasteiger partial charge on any atom is -0.444 e. The van der Waals surface area contributed by atoms with Gasteiger partial charge in [-0.25, -0.2) is 4.79 Å².